The van der Waals surface area contributed by atoms with Crippen LogP contribution in [0, 0.1) is 5.92 Å². The number of pyridine rings is 1. The van der Waals surface area contributed by atoms with Crippen LogP contribution >= 0.6 is 0 Å². The van der Waals surface area contributed by atoms with Gasteiger partial charge >= 0.3 is 12.4 Å². The van der Waals surface area contributed by atoms with E-state index >= 15 is 0 Å². The second-order valence-electron chi connectivity index (χ2n) is 7.90. The van der Waals surface area contributed by atoms with Crippen LogP contribution in [0.3, 0.4) is 0 Å². The summed E-state index contributed by atoms with van der Waals surface area (Å²) in [6, 6.07) is 5.63. The zero-order chi connectivity index (χ0) is 25.1. The van der Waals surface area contributed by atoms with E-state index in [2.05, 4.69) is 22.2 Å². The normalized spacial score (nSPS) is 18.3. The van der Waals surface area contributed by atoms with Gasteiger partial charge in [0, 0.05) is 24.0 Å². The Morgan fingerprint density at radius 3 is 2.44 bits per heavy atom. The molecule has 1 aromatic heterocycles. The van der Waals surface area contributed by atoms with Gasteiger partial charge in [0.2, 0.25) is 5.91 Å². The van der Waals surface area contributed by atoms with E-state index in [0.717, 1.165) is 12.1 Å². The number of carbonyl (C=O) groups is 2. The van der Waals surface area contributed by atoms with Crippen LogP contribution in [0.15, 0.2) is 42.6 Å². The monoisotopic (exact) mass is 489 g/mol. The predicted molar refractivity (Wildman–Crippen MR) is 109 cm³/mol. The van der Waals surface area contributed by atoms with Crippen molar-refractivity contribution in [3.8, 4) is 0 Å². The third-order valence-electron chi connectivity index (χ3n) is 5.30. The average Bonchev–Trinajstić information content (AvgIpc) is 2.70. The number of hydrogen-bond donors (Lipinski definition) is 2. The van der Waals surface area contributed by atoms with Crippen LogP contribution in [0.25, 0.3) is 10.9 Å². The summed E-state index contributed by atoms with van der Waals surface area (Å²) in [6.45, 7) is 3.40. The lowest BCUT2D eigenvalue weighted by Gasteiger charge is -2.35. The Balaban J connectivity index is 1.39. The fourth-order valence-corrected chi connectivity index (χ4v) is 3.28. The number of nitrogens with one attached hydrogen (secondary N) is 2. The molecule has 0 aliphatic heterocycles. The molecule has 6 nitrogen and oxygen atoms in total. The topological polar surface area (TPSA) is 80.3 Å². The number of fused-ring (bicyclic) bond motifs is 1. The van der Waals surface area contributed by atoms with Crippen molar-refractivity contribution in [3.63, 3.8) is 0 Å². The summed E-state index contributed by atoms with van der Waals surface area (Å²) >= 11 is 0. The van der Waals surface area contributed by atoms with Crippen molar-refractivity contribution in [2.45, 2.75) is 37.7 Å². The van der Waals surface area contributed by atoms with Gasteiger partial charge in [0.25, 0.3) is 5.91 Å². The minimum atomic E-state index is -4.49. The van der Waals surface area contributed by atoms with Gasteiger partial charge in [-0.15, -0.1) is 0 Å². The largest absolute Gasteiger partial charge is 0.416 e. The van der Waals surface area contributed by atoms with E-state index in [-0.39, 0.29) is 54.7 Å². The van der Waals surface area contributed by atoms with E-state index in [4.69, 9.17) is 4.74 Å². The second-order valence-corrected chi connectivity index (χ2v) is 7.90. The summed E-state index contributed by atoms with van der Waals surface area (Å²) in [7, 11) is 0. The molecule has 2 amide bonds. The van der Waals surface area contributed by atoms with Gasteiger partial charge in [-0.2, -0.15) is 26.3 Å². The number of halogens is 6. The molecule has 2 N–H and O–H groups in total. The Bertz CT molecular complexity index is 1080. The number of aromatic nitrogens is 1. The van der Waals surface area contributed by atoms with Gasteiger partial charge in [-0.05, 0) is 37.1 Å². The maximum atomic E-state index is 12.8. The smallest absolute Gasteiger partial charge is 0.368 e. The third kappa shape index (κ3) is 6.69. The molecule has 1 aromatic carbocycles. The Hall–Kier alpha value is -3.15. The number of rotatable bonds is 8. The predicted octanol–water partition coefficient (Wildman–Crippen LogP) is 4.36. The van der Waals surface area contributed by atoms with E-state index < -0.39 is 41.8 Å². The lowest BCUT2D eigenvalue weighted by Crippen LogP contribution is -2.42. The van der Waals surface area contributed by atoms with Crippen LogP contribution < -0.4 is 10.6 Å². The standard InChI is InChI=1S/C22H21F6N3O3/c1-12(6-7-29-19(32)11-34-16-9-15(10-16)22(26,27)28)30-20(33)18-4-2-13-8-14(21(23,24)25)3-5-17(13)31-18/h2-5,8,15-16H,1,6-7,9-11H2,(H,29,32)(H,30,33). The highest BCUT2D eigenvalue weighted by atomic mass is 19.4. The van der Waals surface area contributed by atoms with Crippen molar-refractivity contribution in [1.29, 1.82) is 0 Å². The highest BCUT2D eigenvalue weighted by Gasteiger charge is 2.48. The maximum Gasteiger partial charge on any atom is 0.416 e. The first-order chi connectivity index (χ1) is 15.8. The molecular weight excluding hydrogens is 468 g/mol. The summed E-state index contributed by atoms with van der Waals surface area (Å²) in [4.78, 5) is 28.1. The molecule has 184 valence electrons. The first kappa shape index (κ1) is 25.5. The molecule has 34 heavy (non-hydrogen) atoms. The zero-order valence-electron chi connectivity index (χ0n) is 17.7. The quantitative estimate of drug-likeness (QED) is 0.540. The third-order valence-corrected chi connectivity index (χ3v) is 5.30. The van der Waals surface area contributed by atoms with Gasteiger partial charge in [-0.1, -0.05) is 12.6 Å². The fourth-order valence-electron chi connectivity index (χ4n) is 3.28. The first-order valence-electron chi connectivity index (χ1n) is 10.2. The number of alkyl halides is 6. The Labute approximate surface area is 190 Å². The fraction of sp³-hybridized carbons (Fsp3) is 0.409. The van der Waals surface area contributed by atoms with Crippen molar-refractivity contribution in [2.24, 2.45) is 5.92 Å². The van der Waals surface area contributed by atoms with Crippen molar-refractivity contribution < 1.29 is 40.7 Å². The molecule has 0 atom stereocenters. The molecule has 2 aromatic rings. The maximum absolute atomic E-state index is 12.8. The van der Waals surface area contributed by atoms with Gasteiger partial charge < -0.3 is 15.4 Å². The Morgan fingerprint density at radius 1 is 1.09 bits per heavy atom. The van der Waals surface area contributed by atoms with Crippen LogP contribution in [-0.2, 0) is 15.7 Å². The molecule has 3 rings (SSSR count). The van der Waals surface area contributed by atoms with Crippen LogP contribution in [0.5, 0.6) is 0 Å². The van der Waals surface area contributed by atoms with Crippen molar-refractivity contribution in [3.05, 3.63) is 53.9 Å². The molecule has 0 spiro atoms. The summed E-state index contributed by atoms with van der Waals surface area (Å²) in [5.74, 6) is -2.52. The highest BCUT2D eigenvalue weighted by molar-refractivity contribution is 5.95. The molecule has 1 fully saturated rings. The summed E-state index contributed by atoms with van der Waals surface area (Å²) in [6.07, 6.45) is -9.48. The minimum absolute atomic E-state index is 0.0245. The summed E-state index contributed by atoms with van der Waals surface area (Å²) < 4.78 is 80.8. The first-order valence-corrected chi connectivity index (χ1v) is 10.2. The molecule has 0 bridgehead atoms. The molecule has 0 saturated heterocycles. The number of amides is 2. The van der Waals surface area contributed by atoms with Crippen LogP contribution in [0.1, 0.15) is 35.3 Å². The van der Waals surface area contributed by atoms with Gasteiger partial charge in [-0.3, -0.25) is 9.59 Å². The van der Waals surface area contributed by atoms with Gasteiger partial charge in [0.15, 0.2) is 0 Å². The number of nitrogens with zero attached hydrogens (tertiary/aromatic N) is 1. The van der Waals surface area contributed by atoms with Crippen molar-refractivity contribution >= 4 is 22.7 Å². The summed E-state index contributed by atoms with van der Waals surface area (Å²) in [5.41, 5.74) is -0.374. The molecule has 0 radical (unpaired) electrons. The van der Waals surface area contributed by atoms with E-state index in [1.54, 1.807) is 0 Å². The zero-order valence-corrected chi connectivity index (χ0v) is 17.7. The summed E-state index contributed by atoms with van der Waals surface area (Å²) in [5, 5.41) is 5.23. The van der Waals surface area contributed by atoms with E-state index in [0.29, 0.717) is 0 Å². The molecular formula is C22H21F6N3O3. The van der Waals surface area contributed by atoms with E-state index in [9.17, 15) is 35.9 Å². The number of hydrogen-bond acceptors (Lipinski definition) is 4. The van der Waals surface area contributed by atoms with Gasteiger partial charge in [0.1, 0.15) is 12.3 Å². The lowest BCUT2D eigenvalue weighted by atomic mass is 9.82. The average molecular weight is 489 g/mol. The Morgan fingerprint density at radius 2 is 1.79 bits per heavy atom. The SMILES string of the molecule is C=C(CCNC(=O)COC1CC(C(F)(F)F)C1)NC(=O)c1ccc2cc(C(F)(F)F)ccc2n1. The van der Waals surface area contributed by atoms with Crippen LogP contribution in [0.4, 0.5) is 26.3 Å². The lowest BCUT2D eigenvalue weighted by molar-refractivity contribution is -0.219. The van der Waals surface area contributed by atoms with Crippen molar-refractivity contribution in [2.75, 3.05) is 13.2 Å². The van der Waals surface area contributed by atoms with Gasteiger partial charge in [-0.25, -0.2) is 4.98 Å². The van der Waals surface area contributed by atoms with Gasteiger partial charge in [0.05, 0.1) is 23.1 Å². The second kappa shape index (κ2) is 10.00. The van der Waals surface area contributed by atoms with Crippen LogP contribution in [-0.4, -0.2) is 42.2 Å². The molecule has 12 heteroatoms. The van der Waals surface area contributed by atoms with E-state index in [1.165, 1.54) is 18.2 Å². The van der Waals surface area contributed by atoms with Crippen molar-refractivity contribution in [1.82, 2.24) is 15.6 Å². The molecule has 1 aliphatic rings. The molecule has 0 unspecified atom stereocenters. The number of carbonyl (C=O) groups excluding carboxylic acids is 2. The molecule has 1 saturated carbocycles. The molecule has 1 aliphatic carbocycles. The Kier molecular flexibility index (Phi) is 7.49. The number of ether oxygens (including phenoxy) is 1. The molecule has 1 heterocycles. The minimum Gasteiger partial charge on any atom is -0.368 e. The van der Waals surface area contributed by atoms with Crippen LogP contribution in [0.2, 0.25) is 0 Å². The van der Waals surface area contributed by atoms with E-state index in [1.807, 2.05) is 0 Å². The highest BCUT2D eigenvalue weighted by Crippen LogP contribution is 2.42. The number of benzene rings is 1.